The Morgan fingerprint density at radius 3 is 2.54 bits per heavy atom. The van der Waals surface area contributed by atoms with E-state index in [2.05, 4.69) is 23.9 Å². The molecule has 1 aliphatic heterocycles. The summed E-state index contributed by atoms with van der Waals surface area (Å²) >= 11 is 0. The van der Waals surface area contributed by atoms with Crippen LogP contribution in [0.3, 0.4) is 0 Å². The number of nitrogens with zero attached hydrogens (tertiary/aromatic N) is 1. The quantitative estimate of drug-likeness (QED) is 0.599. The second kappa shape index (κ2) is 3.52. The van der Waals surface area contributed by atoms with Gasteiger partial charge in [0, 0.05) is 6.04 Å². The molecule has 3 heteroatoms. The fourth-order valence-electron chi connectivity index (χ4n) is 1.58. The van der Waals surface area contributed by atoms with Gasteiger partial charge in [0.15, 0.2) is 0 Å². The molecule has 1 saturated heterocycles. The molecule has 0 unspecified atom stereocenters. The minimum Gasteiger partial charge on any atom is -0.415 e. The Kier molecular flexibility index (Phi) is 2.38. The smallest absolute Gasteiger partial charge is 0.399 e. The van der Waals surface area contributed by atoms with Crippen LogP contribution in [0.4, 0.5) is 0 Å². The maximum Gasteiger partial charge on any atom is 0.399 e. The molecule has 1 aliphatic rings. The molecule has 0 saturated carbocycles. The van der Waals surface area contributed by atoms with E-state index in [9.17, 15) is 0 Å². The van der Waals surface area contributed by atoms with Gasteiger partial charge in [-0.3, -0.25) is 0 Å². The van der Waals surface area contributed by atoms with Gasteiger partial charge in [0.05, 0.1) is 6.10 Å². The summed E-state index contributed by atoms with van der Waals surface area (Å²) in [6.45, 7) is 2.17. The average molecular weight is 174 g/mol. The van der Waals surface area contributed by atoms with Crippen LogP contribution in [0.15, 0.2) is 30.3 Å². The zero-order valence-corrected chi connectivity index (χ0v) is 7.97. The van der Waals surface area contributed by atoms with Gasteiger partial charge in [-0.05, 0) is 19.5 Å². The predicted molar refractivity (Wildman–Crippen MR) is 53.2 cm³/mol. The van der Waals surface area contributed by atoms with E-state index in [4.69, 9.17) is 4.65 Å². The van der Waals surface area contributed by atoms with Crippen molar-refractivity contribution in [3.05, 3.63) is 35.9 Å². The van der Waals surface area contributed by atoms with Gasteiger partial charge in [-0.1, -0.05) is 30.3 Å². The molecule has 0 bridgehead atoms. The first-order valence-electron chi connectivity index (χ1n) is 4.55. The molecule has 0 aliphatic carbocycles. The first kappa shape index (κ1) is 8.79. The number of hydrogen-bond donors (Lipinski definition) is 0. The average Bonchev–Trinajstić information content (AvgIpc) is 2.49. The fourth-order valence-corrected chi connectivity index (χ4v) is 1.58. The first-order valence-corrected chi connectivity index (χ1v) is 4.55. The molecule has 1 aromatic rings. The maximum absolute atomic E-state index is 5.56. The van der Waals surface area contributed by atoms with Gasteiger partial charge >= 0.3 is 7.62 Å². The van der Waals surface area contributed by atoms with Crippen molar-refractivity contribution in [2.75, 3.05) is 7.05 Å². The lowest BCUT2D eigenvalue weighted by Crippen LogP contribution is -2.26. The Hall–Kier alpha value is -0.795. The van der Waals surface area contributed by atoms with Crippen molar-refractivity contribution in [2.24, 2.45) is 0 Å². The molecular formula is C10H13BNO. The third-order valence-corrected chi connectivity index (χ3v) is 2.58. The number of likely N-dealkylation sites (N-methyl/N-ethyl adjacent to an activating group) is 1. The molecule has 2 nitrogen and oxygen atoms in total. The normalized spacial score (nSPS) is 28.8. The Bertz CT molecular complexity index is 278. The highest BCUT2D eigenvalue weighted by Crippen LogP contribution is 2.28. The molecule has 2 atom stereocenters. The van der Waals surface area contributed by atoms with Gasteiger partial charge in [-0.2, -0.15) is 0 Å². The van der Waals surface area contributed by atoms with Crippen LogP contribution in [0.5, 0.6) is 0 Å². The van der Waals surface area contributed by atoms with Gasteiger partial charge in [0.2, 0.25) is 0 Å². The van der Waals surface area contributed by atoms with Crippen LogP contribution < -0.4 is 0 Å². The standard InChI is InChI=1S/C10H13BNO/c1-8-10(13-11-12(8)2)9-6-4-3-5-7-9/h3-8,10H,1-2H3/t8-,10-/m0/s1. The predicted octanol–water partition coefficient (Wildman–Crippen LogP) is 1.61. The van der Waals surface area contributed by atoms with Gasteiger partial charge in [0.25, 0.3) is 0 Å². The Morgan fingerprint density at radius 2 is 2.00 bits per heavy atom. The number of benzene rings is 1. The van der Waals surface area contributed by atoms with Gasteiger partial charge in [0.1, 0.15) is 0 Å². The lowest BCUT2D eigenvalue weighted by molar-refractivity contribution is 0.213. The Labute approximate surface area is 79.8 Å². The highest BCUT2D eigenvalue weighted by atomic mass is 16.5. The Balaban J connectivity index is 2.19. The largest absolute Gasteiger partial charge is 0.415 e. The molecule has 1 fully saturated rings. The van der Waals surface area contributed by atoms with Crippen molar-refractivity contribution in [3.63, 3.8) is 0 Å². The van der Waals surface area contributed by atoms with E-state index in [0.29, 0.717) is 6.04 Å². The number of hydrogen-bond acceptors (Lipinski definition) is 2. The van der Waals surface area contributed by atoms with Crippen molar-refractivity contribution in [1.29, 1.82) is 0 Å². The van der Waals surface area contributed by atoms with Crippen molar-refractivity contribution in [2.45, 2.75) is 19.1 Å². The second-order valence-corrected chi connectivity index (χ2v) is 3.48. The second-order valence-electron chi connectivity index (χ2n) is 3.48. The summed E-state index contributed by atoms with van der Waals surface area (Å²) in [4.78, 5) is 2.09. The van der Waals surface area contributed by atoms with E-state index >= 15 is 0 Å². The summed E-state index contributed by atoms with van der Waals surface area (Å²) in [5.74, 6) is 0. The van der Waals surface area contributed by atoms with Gasteiger partial charge < -0.3 is 9.47 Å². The van der Waals surface area contributed by atoms with E-state index < -0.39 is 0 Å². The minimum atomic E-state index is 0.186. The van der Waals surface area contributed by atoms with Gasteiger partial charge in [-0.25, -0.2) is 0 Å². The van der Waals surface area contributed by atoms with Crippen molar-refractivity contribution in [3.8, 4) is 0 Å². The molecule has 0 N–H and O–H groups in total. The summed E-state index contributed by atoms with van der Waals surface area (Å²) < 4.78 is 5.56. The molecule has 0 amide bonds. The Morgan fingerprint density at radius 1 is 1.31 bits per heavy atom. The third kappa shape index (κ3) is 1.62. The highest BCUT2D eigenvalue weighted by Gasteiger charge is 2.31. The molecule has 1 aromatic carbocycles. The number of rotatable bonds is 1. The minimum absolute atomic E-state index is 0.186. The lowest BCUT2D eigenvalue weighted by Gasteiger charge is -2.19. The van der Waals surface area contributed by atoms with Crippen LogP contribution in [0.1, 0.15) is 18.6 Å². The van der Waals surface area contributed by atoms with E-state index in [1.165, 1.54) is 5.56 Å². The summed E-state index contributed by atoms with van der Waals surface area (Å²) in [5.41, 5.74) is 1.25. The topological polar surface area (TPSA) is 12.5 Å². The zero-order valence-electron chi connectivity index (χ0n) is 7.97. The first-order chi connectivity index (χ1) is 6.29. The summed E-state index contributed by atoms with van der Waals surface area (Å²) in [5, 5.41) is 0. The van der Waals surface area contributed by atoms with E-state index in [1.807, 2.05) is 25.2 Å². The van der Waals surface area contributed by atoms with Crippen LogP contribution in [-0.2, 0) is 4.65 Å². The molecular weight excluding hydrogens is 161 g/mol. The van der Waals surface area contributed by atoms with Crippen LogP contribution in [0, 0.1) is 0 Å². The summed E-state index contributed by atoms with van der Waals surface area (Å²) in [6.07, 6.45) is 0.186. The monoisotopic (exact) mass is 174 g/mol. The molecule has 0 spiro atoms. The van der Waals surface area contributed by atoms with Crippen molar-refractivity contribution >= 4 is 7.62 Å². The van der Waals surface area contributed by atoms with Crippen LogP contribution in [0.25, 0.3) is 0 Å². The summed E-state index contributed by atoms with van der Waals surface area (Å²) in [6, 6.07) is 10.7. The van der Waals surface area contributed by atoms with Gasteiger partial charge in [-0.15, -0.1) is 0 Å². The molecule has 2 rings (SSSR count). The SMILES string of the molecule is C[C@H]1[C@@H](c2ccccc2)O[B]N1C. The van der Waals surface area contributed by atoms with Crippen LogP contribution >= 0.6 is 0 Å². The van der Waals surface area contributed by atoms with Crippen molar-refractivity contribution in [1.82, 2.24) is 4.81 Å². The molecule has 67 valence electrons. The van der Waals surface area contributed by atoms with Crippen molar-refractivity contribution < 1.29 is 4.65 Å². The highest BCUT2D eigenvalue weighted by molar-refractivity contribution is 6.24. The van der Waals surface area contributed by atoms with E-state index in [1.54, 1.807) is 7.62 Å². The van der Waals surface area contributed by atoms with Crippen LogP contribution in [-0.4, -0.2) is 25.5 Å². The van der Waals surface area contributed by atoms with E-state index in [0.717, 1.165) is 0 Å². The van der Waals surface area contributed by atoms with Crippen LogP contribution in [0.2, 0.25) is 0 Å². The molecule has 1 radical (unpaired) electrons. The summed E-state index contributed by atoms with van der Waals surface area (Å²) in [7, 11) is 3.83. The molecule has 13 heavy (non-hydrogen) atoms. The van der Waals surface area contributed by atoms with E-state index in [-0.39, 0.29) is 6.10 Å². The maximum atomic E-state index is 5.56. The molecule has 0 aromatic heterocycles. The zero-order chi connectivity index (χ0) is 9.26. The lowest BCUT2D eigenvalue weighted by atomic mass is 10.0. The third-order valence-electron chi connectivity index (χ3n) is 2.58. The fraction of sp³-hybridized carbons (Fsp3) is 0.400. The molecule has 1 heterocycles.